The molecule has 0 radical (unpaired) electrons. The van der Waals surface area contributed by atoms with Crippen LogP contribution in [0.25, 0.3) is 5.69 Å². The first kappa shape index (κ1) is 19.9. The van der Waals surface area contributed by atoms with E-state index in [-0.39, 0.29) is 24.6 Å². The maximum atomic E-state index is 14.2. The van der Waals surface area contributed by atoms with Gasteiger partial charge in [0, 0.05) is 13.0 Å². The summed E-state index contributed by atoms with van der Waals surface area (Å²) in [6, 6.07) is 3.64. The van der Waals surface area contributed by atoms with Crippen LogP contribution in [0.4, 0.5) is 14.9 Å². The van der Waals surface area contributed by atoms with Gasteiger partial charge in [0.1, 0.15) is 11.4 Å². The molecule has 1 aromatic carbocycles. The summed E-state index contributed by atoms with van der Waals surface area (Å²) >= 11 is 0. The molecule has 1 aromatic heterocycles. The van der Waals surface area contributed by atoms with Crippen molar-refractivity contribution < 1.29 is 18.8 Å². The van der Waals surface area contributed by atoms with Crippen molar-refractivity contribution in [2.24, 2.45) is 0 Å². The number of rotatable bonds is 5. The molecule has 1 aliphatic heterocycles. The number of halogens is 1. The number of nitrogens with zero attached hydrogens (tertiary/aromatic N) is 5. The molecule has 2 aromatic rings. The molecule has 0 unspecified atom stereocenters. The van der Waals surface area contributed by atoms with Crippen molar-refractivity contribution in [3.8, 4) is 5.69 Å². The molecular weight excluding hydrogens is 393 g/mol. The van der Waals surface area contributed by atoms with E-state index in [4.69, 9.17) is 0 Å². The number of hydrogen-bond donors (Lipinski definition) is 2. The van der Waals surface area contributed by atoms with E-state index in [1.165, 1.54) is 22.9 Å². The van der Waals surface area contributed by atoms with Gasteiger partial charge in [-0.2, -0.15) is 4.68 Å². The van der Waals surface area contributed by atoms with Gasteiger partial charge in [-0.15, -0.1) is 5.10 Å². The molecule has 11 heteroatoms. The lowest BCUT2D eigenvalue weighted by Crippen LogP contribution is -2.48. The fraction of sp³-hybridized carbons (Fsp3) is 0.474. The van der Waals surface area contributed by atoms with E-state index in [1.807, 2.05) is 0 Å². The summed E-state index contributed by atoms with van der Waals surface area (Å²) in [6.07, 6.45) is 3.92. The van der Waals surface area contributed by atoms with Gasteiger partial charge in [0.2, 0.25) is 5.91 Å². The topological polar surface area (TPSA) is 122 Å². The molecule has 10 nitrogen and oxygen atoms in total. The molecule has 158 valence electrons. The summed E-state index contributed by atoms with van der Waals surface area (Å²) in [5.41, 5.74) is -0.369. The molecule has 1 spiro atoms. The van der Waals surface area contributed by atoms with Crippen molar-refractivity contribution in [1.82, 2.24) is 30.4 Å². The second-order valence-electron chi connectivity index (χ2n) is 7.63. The van der Waals surface area contributed by atoms with Crippen molar-refractivity contribution in [1.29, 1.82) is 0 Å². The standard InChI is InChI=1S/C19H22FN7O3/c1-12-23-24-25-27(12)13-5-6-14(20)15(11-13)21-16(28)7-10-26-17(29)19(22-18(26)30)8-3-2-4-9-19/h5-6,11H,2-4,7-10H2,1H3,(H,21,28)(H,22,30). The average molecular weight is 415 g/mol. The van der Waals surface area contributed by atoms with Crippen LogP contribution in [0.3, 0.4) is 0 Å². The van der Waals surface area contributed by atoms with Crippen LogP contribution in [0.2, 0.25) is 0 Å². The third-order valence-electron chi connectivity index (χ3n) is 5.61. The number of imide groups is 1. The van der Waals surface area contributed by atoms with E-state index < -0.39 is 23.3 Å². The molecule has 4 rings (SSSR count). The first-order valence-electron chi connectivity index (χ1n) is 9.88. The summed E-state index contributed by atoms with van der Waals surface area (Å²) in [4.78, 5) is 38.5. The van der Waals surface area contributed by atoms with Crippen LogP contribution in [0.1, 0.15) is 44.3 Å². The number of aryl methyl sites for hydroxylation is 1. The Labute approximate surface area is 171 Å². The zero-order valence-electron chi connectivity index (χ0n) is 16.5. The monoisotopic (exact) mass is 415 g/mol. The molecule has 1 saturated carbocycles. The zero-order chi connectivity index (χ0) is 21.3. The van der Waals surface area contributed by atoms with E-state index >= 15 is 0 Å². The lowest BCUT2D eigenvalue weighted by atomic mass is 9.82. The SMILES string of the molecule is Cc1nnnn1-c1ccc(F)c(NC(=O)CCN2C(=O)NC3(CCCCC3)C2=O)c1. The van der Waals surface area contributed by atoms with Crippen molar-refractivity contribution in [2.45, 2.75) is 51.0 Å². The minimum Gasteiger partial charge on any atom is -0.323 e. The molecule has 1 aliphatic carbocycles. The Morgan fingerprint density at radius 1 is 1.27 bits per heavy atom. The van der Waals surface area contributed by atoms with E-state index in [1.54, 1.807) is 6.92 Å². The lowest BCUT2D eigenvalue weighted by Gasteiger charge is -2.30. The van der Waals surface area contributed by atoms with Crippen molar-refractivity contribution in [2.75, 3.05) is 11.9 Å². The first-order chi connectivity index (χ1) is 14.4. The van der Waals surface area contributed by atoms with Gasteiger partial charge in [0.15, 0.2) is 5.82 Å². The van der Waals surface area contributed by atoms with Crippen LogP contribution in [0, 0.1) is 12.7 Å². The number of aromatic nitrogens is 4. The van der Waals surface area contributed by atoms with Gasteiger partial charge in [-0.3, -0.25) is 14.5 Å². The molecule has 2 aliphatic rings. The van der Waals surface area contributed by atoms with Crippen LogP contribution < -0.4 is 10.6 Å². The summed E-state index contributed by atoms with van der Waals surface area (Å²) in [7, 11) is 0. The molecule has 1 saturated heterocycles. The lowest BCUT2D eigenvalue weighted by molar-refractivity contribution is -0.132. The van der Waals surface area contributed by atoms with Crippen LogP contribution >= 0.6 is 0 Å². The Morgan fingerprint density at radius 3 is 2.73 bits per heavy atom. The van der Waals surface area contributed by atoms with Gasteiger partial charge in [-0.05, 0) is 48.4 Å². The van der Waals surface area contributed by atoms with Crippen LogP contribution in [0.15, 0.2) is 18.2 Å². The molecule has 4 amide bonds. The third kappa shape index (κ3) is 3.62. The van der Waals surface area contributed by atoms with Gasteiger partial charge in [-0.25, -0.2) is 9.18 Å². The van der Waals surface area contributed by atoms with Crippen LogP contribution in [-0.2, 0) is 9.59 Å². The van der Waals surface area contributed by atoms with E-state index in [2.05, 4.69) is 26.2 Å². The van der Waals surface area contributed by atoms with E-state index in [0.29, 0.717) is 24.4 Å². The van der Waals surface area contributed by atoms with Crippen molar-refractivity contribution in [3.63, 3.8) is 0 Å². The van der Waals surface area contributed by atoms with Gasteiger partial charge >= 0.3 is 6.03 Å². The highest BCUT2D eigenvalue weighted by atomic mass is 19.1. The molecule has 0 bridgehead atoms. The Kier molecular flexibility index (Phi) is 5.18. The minimum absolute atomic E-state index is 0.0339. The molecular formula is C19H22FN7O3. The predicted octanol–water partition coefficient (Wildman–Crippen LogP) is 1.69. The zero-order valence-corrected chi connectivity index (χ0v) is 16.5. The van der Waals surface area contributed by atoms with Crippen LogP contribution in [0.5, 0.6) is 0 Å². The minimum atomic E-state index is -0.823. The highest BCUT2D eigenvalue weighted by Crippen LogP contribution is 2.33. The number of anilines is 1. The third-order valence-corrected chi connectivity index (χ3v) is 5.61. The molecule has 2 heterocycles. The fourth-order valence-corrected chi connectivity index (χ4v) is 4.01. The Balaban J connectivity index is 1.40. The number of tetrazole rings is 1. The first-order valence-corrected chi connectivity index (χ1v) is 9.88. The number of carbonyl (C=O) groups is 3. The Hall–Kier alpha value is -3.37. The summed E-state index contributed by atoms with van der Waals surface area (Å²) < 4.78 is 15.6. The molecule has 0 atom stereocenters. The molecule has 2 fully saturated rings. The van der Waals surface area contributed by atoms with Gasteiger partial charge in [-0.1, -0.05) is 19.3 Å². The van der Waals surface area contributed by atoms with Gasteiger partial charge in [0.05, 0.1) is 11.4 Å². The number of urea groups is 1. The number of amides is 4. The number of carbonyl (C=O) groups excluding carboxylic acids is 3. The van der Waals surface area contributed by atoms with Crippen LogP contribution in [-0.4, -0.2) is 55.0 Å². The highest BCUT2D eigenvalue weighted by molar-refractivity contribution is 6.07. The van der Waals surface area contributed by atoms with Gasteiger partial charge in [0.25, 0.3) is 5.91 Å². The maximum Gasteiger partial charge on any atom is 0.325 e. The van der Waals surface area contributed by atoms with Crippen molar-refractivity contribution >= 4 is 23.5 Å². The van der Waals surface area contributed by atoms with Gasteiger partial charge < -0.3 is 10.6 Å². The molecule has 2 N–H and O–H groups in total. The quantitative estimate of drug-likeness (QED) is 0.717. The number of benzene rings is 1. The second-order valence-corrected chi connectivity index (χ2v) is 7.63. The van der Waals surface area contributed by atoms with E-state index in [0.717, 1.165) is 24.2 Å². The Morgan fingerprint density at radius 2 is 2.03 bits per heavy atom. The summed E-state index contributed by atoms with van der Waals surface area (Å²) in [6.45, 7) is 1.63. The summed E-state index contributed by atoms with van der Waals surface area (Å²) in [5.74, 6) is -0.893. The normalized spacial score (nSPS) is 18.0. The number of hydrogen-bond acceptors (Lipinski definition) is 6. The second kappa shape index (κ2) is 7.81. The maximum absolute atomic E-state index is 14.2. The average Bonchev–Trinajstić information content (AvgIpc) is 3.24. The molecule has 30 heavy (non-hydrogen) atoms. The fourth-order valence-electron chi connectivity index (χ4n) is 4.01. The predicted molar refractivity (Wildman–Crippen MR) is 103 cm³/mol. The van der Waals surface area contributed by atoms with Crippen molar-refractivity contribution in [3.05, 3.63) is 29.8 Å². The Bertz CT molecular complexity index is 1000. The summed E-state index contributed by atoms with van der Waals surface area (Å²) in [5, 5.41) is 16.4. The van der Waals surface area contributed by atoms with E-state index in [9.17, 15) is 18.8 Å². The number of nitrogens with one attached hydrogen (secondary N) is 2. The largest absolute Gasteiger partial charge is 0.325 e. The smallest absolute Gasteiger partial charge is 0.323 e. The highest BCUT2D eigenvalue weighted by Gasteiger charge is 2.51.